The molecule has 7 heteroatoms. The van der Waals surface area contributed by atoms with Crippen molar-refractivity contribution in [2.24, 2.45) is 4.99 Å². The highest BCUT2D eigenvalue weighted by atomic mass is 35.5. The lowest BCUT2D eigenvalue weighted by molar-refractivity contribution is 0.0955. The Kier molecular flexibility index (Phi) is 7.89. The Bertz CT molecular complexity index is 746. The van der Waals surface area contributed by atoms with Crippen LogP contribution >= 0.6 is 11.6 Å². The van der Waals surface area contributed by atoms with E-state index in [4.69, 9.17) is 11.6 Å². The van der Waals surface area contributed by atoms with Crippen LogP contribution in [0.1, 0.15) is 28.4 Å². The predicted octanol–water partition coefficient (Wildman–Crippen LogP) is 2.39. The van der Waals surface area contributed by atoms with Crippen molar-refractivity contribution < 1.29 is 4.79 Å². The van der Waals surface area contributed by atoms with Crippen LogP contribution in [0.25, 0.3) is 0 Å². The van der Waals surface area contributed by atoms with Crippen molar-refractivity contribution >= 4 is 23.5 Å². The Morgan fingerprint density at radius 3 is 2.69 bits per heavy atom. The molecule has 0 aliphatic rings. The first-order valence-corrected chi connectivity index (χ1v) is 8.92. The Hall–Kier alpha value is -2.60. The molecule has 3 N–H and O–H groups in total. The van der Waals surface area contributed by atoms with Gasteiger partial charge in [-0.25, -0.2) is 4.98 Å². The third-order valence-corrected chi connectivity index (χ3v) is 3.93. The molecule has 0 saturated carbocycles. The SMILES string of the molecule is CCNC(=O)c1cccc(CNC(=NC)NCCc2ccc(Cl)nc2)c1. The Balaban J connectivity index is 1.82. The van der Waals surface area contributed by atoms with E-state index in [1.165, 1.54) is 0 Å². The van der Waals surface area contributed by atoms with Crippen LogP contribution in [0, 0.1) is 0 Å². The largest absolute Gasteiger partial charge is 0.356 e. The number of benzene rings is 1. The van der Waals surface area contributed by atoms with Gasteiger partial charge in [0.2, 0.25) is 0 Å². The summed E-state index contributed by atoms with van der Waals surface area (Å²) in [5.41, 5.74) is 2.77. The van der Waals surface area contributed by atoms with Crippen molar-refractivity contribution in [1.82, 2.24) is 20.9 Å². The van der Waals surface area contributed by atoms with E-state index in [0.29, 0.717) is 29.8 Å². The van der Waals surface area contributed by atoms with Gasteiger partial charge in [0, 0.05) is 38.4 Å². The van der Waals surface area contributed by atoms with Crippen LogP contribution in [0.15, 0.2) is 47.6 Å². The van der Waals surface area contributed by atoms with E-state index < -0.39 is 0 Å². The van der Waals surface area contributed by atoms with Gasteiger partial charge in [0.05, 0.1) is 0 Å². The smallest absolute Gasteiger partial charge is 0.251 e. The van der Waals surface area contributed by atoms with E-state index in [1.807, 2.05) is 37.3 Å². The molecular formula is C19H24ClN5O. The topological polar surface area (TPSA) is 78.4 Å². The highest BCUT2D eigenvalue weighted by Crippen LogP contribution is 2.06. The van der Waals surface area contributed by atoms with Crippen molar-refractivity contribution in [1.29, 1.82) is 0 Å². The zero-order valence-corrected chi connectivity index (χ0v) is 15.8. The molecule has 0 fully saturated rings. The third kappa shape index (κ3) is 6.37. The minimum Gasteiger partial charge on any atom is -0.356 e. The van der Waals surface area contributed by atoms with Crippen LogP contribution in [0.4, 0.5) is 0 Å². The van der Waals surface area contributed by atoms with Gasteiger partial charge in [0.15, 0.2) is 5.96 Å². The van der Waals surface area contributed by atoms with Gasteiger partial charge >= 0.3 is 0 Å². The van der Waals surface area contributed by atoms with Crippen molar-refractivity contribution in [2.75, 3.05) is 20.1 Å². The molecule has 2 rings (SSSR count). The number of nitrogens with zero attached hydrogens (tertiary/aromatic N) is 2. The number of hydrogen-bond donors (Lipinski definition) is 3. The number of guanidine groups is 1. The molecule has 0 aliphatic carbocycles. The predicted molar refractivity (Wildman–Crippen MR) is 106 cm³/mol. The number of rotatable bonds is 7. The van der Waals surface area contributed by atoms with Crippen LogP contribution in [0.2, 0.25) is 5.15 Å². The van der Waals surface area contributed by atoms with Gasteiger partial charge < -0.3 is 16.0 Å². The lowest BCUT2D eigenvalue weighted by atomic mass is 10.1. The fourth-order valence-corrected chi connectivity index (χ4v) is 2.48. The zero-order valence-electron chi connectivity index (χ0n) is 15.1. The summed E-state index contributed by atoms with van der Waals surface area (Å²) in [5.74, 6) is 0.642. The molecule has 1 aromatic carbocycles. The Labute approximate surface area is 159 Å². The summed E-state index contributed by atoms with van der Waals surface area (Å²) >= 11 is 5.79. The standard InChI is InChI=1S/C19H24ClN5O/c1-3-22-18(26)16-6-4-5-15(11-16)13-25-19(21-2)23-10-9-14-7-8-17(20)24-12-14/h4-8,11-12H,3,9-10,13H2,1-2H3,(H,22,26)(H2,21,23,25). The third-order valence-electron chi connectivity index (χ3n) is 3.70. The maximum absolute atomic E-state index is 11.9. The fraction of sp³-hybridized carbons (Fsp3) is 0.316. The average molecular weight is 374 g/mol. The van der Waals surface area contributed by atoms with Gasteiger partial charge in [-0.1, -0.05) is 29.8 Å². The Morgan fingerprint density at radius 2 is 2.00 bits per heavy atom. The summed E-state index contributed by atoms with van der Waals surface area (Å²) in [4.78, 5) is 20.2. The number of amides is 1. The quantitative estimate of drug-likeness (QED) is 0.395. The van der Waals surface area contributed by atoms with Gasteiger partial charge in [0.1, 0.15) is 5.15 Å². The first-order chi connectivity index (χ1) is 12.6. The van der Waals surface area contributed by atoms with Crippen LogP contribution in [-0.4, -0.2) is 37.0 Å². The molecule has 1 amide bonds. The number of pyridine rings is 1. The van der Waals surface area contributed by atoms with Gasteiger partial charge in [0.25, 0.3) is 5.91 Å². The lowest BCUT2D eigenvalue weighted by Gasteiger charge is -2.12. The van der Waals surface area contributed by atoms with Gasteiger partial charge in [-0.05, 0) is 42.7 Å². The lowest BCUT2D eigenvalue weighted by Crippen LogP contribution is -2.37. The number of aromatic nitrogens is 1. The molecule has 0 radical (unpaired) electrons. The molecule has 2 aromatic rings. The normalized spacial score (nSPS) is 11.1. The number of carbonyl (C=O) groups excluding carboxylic acids is 1. The van der Waals surface area contributed by atoms with Crippen LogP contribution < -0.4 is 16.0 Å². The highest BCUT2D eigenvalue weighted by Gasteiger charge is 2.05. The molecule has 0 saturated heterocycles. The second-order valence-electron chi connectivity index (χ2n) is 5.65. The first-order valence-electron chi connectivity index (χ1n) is 8.54. The van der Waals surface area contributed by atoms with E-state index in [1.54, 1.807) is 19.3 Å². The Morgan fingerprint density at radius 1 is 1.15 bits per heavy atom. The minimum atomic E-state index is -0.0616. The van der Waals surface area contributed by atoms with Crippen molar-refractivity contribution in [2.45, 2.75) is 19.9 Å². The molecule has 138 valence electrons. The van der Waals surface area contributed by atoms with Crippen LogP contribution in [0.5, 0.6) is 0 Å². The minimum absolute atomic E-state index is 0.0616. The van der Waals surface area contributed by atoms with Crippen molar-refractivity contribution in [3.63, 3.8) is 0 Å². The van der Waals surface area contributed by atoms with Crippen molar-refractivity contribution in [3.05, 3.63) is 64.4 Å². The van der Waals surface area contributed by atoms with E-state index in [9.17, 15) is 4.79 Å². The number of halogens is 1. The maximum Gasteiger partial charge on any atom is 0.251 e. The molecule has 26 heavy (non-hydrogen) atoms. The zero-order chi connectivity index (χ0) is 18.8. The number of aliphatic imine (C=N–C) groups is 1. The molecule has 0 spiro atoms. The number of nitrogens with one attached hydrogen (secondary N) is 3. The molecule has 0 atom stereocenters. The fourth-order valence-electron chi connectivity index (χ4n) is 2.37. The molecular weight excluding hydrogens is 350 g/mol. The molecule has 6 nitrogen and oxygen atoms in total. The van der Waals surface area contributed by atoms with E-state index >= 15 is 0 Å². The second kappa shape index (κ2) is 10.4. The summed E-state index contributed by atoms with van der Waals surface area (Å²) in [7, 11) is 1.73. The summed E-state index contributed by atoms with van der Waals surface area (Å²) in [6, 6.07) is 11.3. The molecule has 0 aliphatic heterocycles. The van der Waals surface area contributed by atoms with Gasteiger partial charge in [-0.3, -0.25) is 9.79 Å². The van der Waals surface area contributed by atoms with Gasteiger partial charge in [-0.15, -0.1) is 0 Å². The molecule has 0 bridgehead atoms. The van der Waals surface area contributed by atoms with E-state index in [0.717, 1.165) is 24.1 Å². The monoisotopic (exact) mass is 373 g/mol. The van der Waals surface area contributed by atoms with Crippen LogP contribution in [-0.2, 0) is 13.0 Å². The maximum atomic E-state index is 11.9. The van der Waals surface area contributed by atoms with Gasteiger partial charge in [-0.2, -0.15) is 0 Å². The average Bonchev–Trinajstić information content (AvgIpc) is 2.66. The van der Waals surface area contributed by atoms with Crippen LogP contribution in [0.3, 0.4) is 0 Å². The van der Waals surface area contributed by atoms with E-state index in [2.05, 4.69) is 25.9 Å². The number of carbonyl (C=O) groups is 1. The molecule has 0 unspecified atom stereocenters. The summed E-state index contributed by atoms with van der Waals surface area (Å²) in [6.45, 7) is 3.82. The van der Waals surface area contributed by atoms with Crippen molar-refractivity contribution in [3.8, 4) is 0 Å². The summed E-state index contributed by atoms with van der Waals surface area (Å²) in [5, 5.41) is 9.81. The summed E-state index contributed by atoms with van der Waals surface area (Å²) < 4.78 is 0. The second-order valence-corrected chi connectivity index (χ2v) is 6.04. The molecule has 1 heterocycles. The highest BCUT2D eigenvalue weighted by molar-refractivity contribution is 6.29. The molecule has 1 aromatic heterocycles. The first kappa shape index (κ1) is 19.7. The summed E-state index contributed by atoms with van der Waals surface area (Å²) in [6.07, 6.45) is 2.59. The van der Waals surface area contributed by atoms with E-state index in [-0.39, 0.29) is 5.91 Å². The number of hydrogen-bond acceptors (Lipinski definition) is 3.